The molecule has 0 saturated carbocycles. The fraction of sp³-hybridized carbons (Fsp3) is 0.917. The highest BCUT2D eigenvalue weighted by atomic mass is 16.1. The Balaban J connectivity index is 3.94. The second kappa shape index (κ2) is 6.18. The molecule has 0 bridgehead atoms. The molecule has 0 spiro atoms. The van der Waals surface area contributed by atoms with Crippen molar-refractivity contribution in [1.82, 2.24) is 0 Å². The van der Waals surface area contributed by atoms with Crippen LogP contribution in [0, 0.1) is 11.3 Å². The molecule has 0 rings (SSSR count). The van der Waals surface area contributed by atoms with Gasteiger partial charge in [-0.05, 0) is 18.8 Å². The highest BCUT2D eigenvalue weighted by Crippen LogP contribution is 2.23. The number of carbonyl (C=O) groups is 1. The third kappa shape index (κ3) is 4.23. The molecule has 0 saturated heterocycles. The van der Waals surface area contributed by atoms with Crippen LogP contribution in [-0.4, -0.2) is 12.3 Å². The van der Waals surface area contributed by atoms with E-state index in [1.165, 1.54) is 0 Å². The van der Waals surface area contributed by atoms with Gasteiger partial charge in [0.2, 0.25) is 0 Å². The lowest BCUT2D eigenvalue weighted by atomic mass is 9.81. The summed E-state index contributed by atoms with van der Waals surface area (Å²) in [5.74, 6) is 1.02. The van der Waals surface area contributed by atoms with Gasteiger partial charge in [0.25, 0.3) is 0 Å². The SMILES string of the molecule is CCC(C)(CN)C(=O)CCCC(C)C. The molecule has 0 aromatic heterocycles. The molecule has 0 aromatic rings. The molecule has 0 aliphatic rings. The monoisotopic (exact) mass is 199 g/mol. The zero-order valence-electron chi connectivity index (χ0n) is 10.1. The molecule has 0 aliphatic heterocycles. The Morgan fingerprint density at radius 3 is 2.36 bits per heavy atom. The van der Waals surface area contributed by atoms with Crippen molar-refractivity contribution in [1.29, 1.82) is 0 Å². The van der Waals surface area contributed by atoms with E-state index in [4.69, 9.17) is 5.73 Å². The number of hydrogen-bond donors (Lipinski definition) is 1. The van der Waals surface area contributed by atoms with Crippen LogP contribution in [0.4, 0.5) is 0 Å². The van der Waals surface area contributed by atoms with Crippen LogP contribution in [0.5, 0.6) is 0 Å². The predicted molar refractivity (Wildman–Crippen MR) is 61.1 cm³/mol. The second-order valence-electron chi connectivity index (χ2n) is 4.83. The molecule has 2 heteroatoms. The van der Waals surface area contributed by atoms with Gasteiger partial charge >= 0.3 is 0 Å². The van der Waals surface area contributed by atoms with Crippen LogP contribution >= 0.6 is 0 Å². The number of nitrogens with two attached hydrogens (primary N) is 1. The highest BCUT2D eigenvalue weighted by molar-refractivity contribution is 5.84. The van der Waals surface area contributed by atoms with Crippen LogP contribution in [-0.2, 0) is 4.79 Å². The van der Waals surface area contributed by atoms with Gasteiger partial charge in [-0.15, -0.1) is 0 Å². The fourth-order valence-corrected chi connectivity index (χ4v) is 1.43. The Labute approximate surface area is 88.3 Å². The smallest absolute Gasteiger partial charge is 0.140 e. The summed E-state index contributed by atoms with van der Waals surface area (Å²) in [6.45, 7) is 8.86. The van der Waals surface area contributed by atoms with Crippen molar-refractivity contribution >= 4 is 5.78 Å². The first-order chi connectivity index (χ1) is 6.46. The fourth-order valence-electron chi connectivity index (χ4n) is 1.43. The average molecular weight is 199 g/mol. The molecule has 2 nitrogen and oxygen atoms in total. The van der Waals surface area contributed by atoms with Crippen molar-refractivity contribution in [3.8, 4) is 0 Å². The molecule has 0 aromatic carbocycles. The van der Waals surface area contributed by atoms with Crippen LogP contribution in [0.25, 0.3) is 0 Å². The standard InChI is InChI=1S/C12H25NO/c1-5-12(4,9-13)11(14)8-6-7-10(2)3/h10H,5-9,13H2,1-4H3. The normalized spacial score (nSPS) is 15.6. The Kier molecular flexibility index (Phi) is 6.01. The molecule has 1 unspecified atom stereocenters. The third-order valence-electron chi connectivity index (χ3n) is 3.09. The minimum atomic E-state index is -0.281. The zero-order chi connectivity index (χ0) is 11.2. The summed E-state index contributed by atoms with van der Waals surface area (Å²) in [5.41, 5.74) is 5.35. The van der Waals surface area contributed by atoms with E-state index in [1.807, 2.05) is 13.8 Å². The molecule has 0 aliphatic carbocycles. The first-order valence-corrected chi connectivity index (χ1v) is 5.69. The van der Waals surface area contributed by atoms with Crippen molar-refractivity contribution in [2.24, 2.45) is 17.1 Å². The van der Waals surface area contributed by atoms with Gasteiger partial charge in [0.1, 0.15) is 5.78 Å². The Bertz CT molecular complexity index is 171. The quantitative estimate of drug-likeness (QED) is 0.685. The average Bonchev–Trinajstić information content (AvgIpc) is 2.15. The molecule has 1 atom stereocenters. The number of Topliss-reactive ketones (excluding diaryl/α,β-unsaturated/α-hetero) is 1. The van der Waals surface area contributed by atoms with Crippen molar-refractivity contribution in [3.63, 3.8) is 0 Å². The van der Waals surface area contributed by atoms with Gasteiger partial charge in [0.05, 0.1) is 0 Å². The van der Waals surface area contributed by atoms with E-state index in [2.05, 4.69) is 13.8 Å². The van der Waals surface area contributed by atoms with Crippen molar-refractivity contribution in [2.75, 3.05) is 6.54 Å². The summed E-state index contributed by atoms with van der Waals surface area (Å²) < 4.78 is 0. The van der Waals surface area contributed by atoms with Crippen LogP contribution in [0.15, 0.2) is 0 Å². The van der Waals surface area contributed by atoms with Gasteiger partial charge in [-0.1, -0.05) is 34.1 Å². The van der Waals surface area contributed by atoms with Gasteiger partial charge in [-0.25, -0.2) is 0 Å². The lowest BCUT2D eigenvalue weighted by Crippen LogP contribution is -2.35. The molecule has 0 fully saturated rings. The lowest BCUT2D eigenvalue weighted by Gasteiger charge is -2.24. The summed E-state index contributed by atoms with van der Waals surface area (Å²) in [4.78, 5) is 11.8. The van der Waals surface area contributed by atoms with Crippen LogP contribution < -0.4 is 5.73 Å². The molecule has 0 radical (unpaired) electrons. The van der Waals surface area contributed by atoms with E-state index in [0.717, 1.165) is 19.3 Å². The second-order valence-corrected chi connectivity index (χ2v) is 4.83. The Hall–Kier alpha value is -0.370. The maximum Gasteiger partial charge on any atom is 0.140 e. The molecule has 2 N–H and O–H groups in total. The molecular weight excluding hydrogens is 174 g/mol. The minimum Gasteiger partial charge on any atom is -0.329 e. The van der Waals surface area contributed by atoms with Crippen molar-refractivity contribution in [3.05, 3.63) is 0 Å². The van der Waals surface area contributed by atoms with E-state index >= 15 is 0 Å². The van der Waals surface area contributed by atoms with Gasteiger partial charge in [-0.2, -0.15) is 0 Å². The number of hydrogen-bond acceptors (Lipinski definition) is 2. The first-order valence-electron chi connectivity index (χ1n) is 5.69. The number of rotatable bonds is 7. The van der Waals surface area contributed by atoms with Crippen LogP contribution in [0.1, 0.15) is 53.4 Å². The summed E-state index contributed by atoms with van der Waals surface area (Å²) in [6, 6.07) is 0. The number of carbonyl (C=O) groups excluding carboxylic acids is 1. The van der Waals surface area contributed by atoms with Gasteiger partial charge < -0.3 is 5.73 Å². The summed E-state index contributed by atoms with van der Waals surface area (Å²) >= 11 is 0. The van der Waals surface area contributed by atoms with Crippen LogP contribution in [0.2, 0.25) is 0 Å². The van der Waals surface area contributed by atoms with Crippen molar-refractivity contribution in [2.45, 2.75) is 53.4 Å². The van der Waals surface area contributed by atoms with Crippen molar-refractivity contribution < 1.29 is 4.79 Å². The molecule has 0 heterocycles. The molecule has 84 valence electrons. The summed E-state index contributed by atoms with van der Waals surface area (Å²) in [7, 11) is 0. The highest BCUT2D eigenvalue weighted by Gasteiger charge is 2.28. The largest absolute Gasteiger partial charge is 0.329 e. The minimum absolute atomic E-state index is 0.281. The van der Waals surface area contributed by atoms with Gasteiger partial charge in [0, 0.05) is 18.4 Å². The molecule has 0 amide bonds. The molecular formula is C12H25NO. The summed E-state index contributed by atoms with van der Waals surface area (Å²) in [5, 5.41) is 0. The predicted octanol–water partition coefficient (Wildman–Crippen LogP) is 2.76. The molecule has 14 heavy (non-hydrogen) atoms. The topological polar surface area (TPSA) is 43.1 Å². The lowest BCUT2D eigenvalue weighted by molar-refractivity contribution is -0.127. The first kappa shape index (κ1) is 13.6. The van der Waals surface area contributed by atoms with E-state index in [-0.39, 0.29) is 5.41 Å². The third-order valence-corrected chi connectivity index (χ3v) is 3.09. The Morgan fingerprint density at radius 2 is 2.00 bits per heavy atom. The zero-order valence-corrected chi connectivity index (χ0v) is 10.1. The number of ketones is 1. The van der Waals surface area contributed by atoms with E-state index in [1.54, 1.807) is 0 Å². The summed E-state index contributed by atoms with van der Waals surface area (Å²) in [6.07, 6.45) is 3.69. The maximum absolute atomic E-state index is 11.8. The van der Waals surface area contributed by atoms with Gasteiger partial charge in [-0.3, -0.25) is 4.79 Å². The van der Waals surface area contributed by atoms with Gasteiger partial charge in [0.15, 0.2) is 0 Å². The maximum atomic E-state index is 11.8. The van der Waals surface area contributed by atoms with Crippen LogP contribution in [0.3, 0.4) is 0 Å². The van der Waals surface area contributed by atoms with E-state index in [0.29, 0.717) is 24.7 Å². The van der Waals surface area contributed by atoms with E-state index in [9.17, 15) is 4.79 Å². The Morgan fingerprint density at radius 1 is 1.43 bits per heavy atom. The van der Waals surface area contributed by atoms with E-state index < -0.39 is 0 Å².